The van der Waals surface area contributed by atoms with Crippen LogP contribution < -0.4 is 15.4 Å². The lowest BCUT2D eigenvalue weighted by Crippen LogP contribution is -2.50. The monoisotopic (exact) mass is 531 g/mol. The summed E-state index contributed by atoms with van der Waals surface area (Å²) in [6.45, 7) is 19.3. The molecule has 0 spiro atoms. The highest BCUT2D eigenvalue weighted by atomic mass is 35.5. The number of halogens is 1. The molecule has 1 saturated heterocycles. The number of hydrogen-bond acceptors (Lipinski definition) is 7. The van der Waals surface area contributed by atoms with Gasteiger partial charge in [0.1, 0.15) is 11.4 Å². The van der Waals surface area contributed by atoms with E-state index in [1.807, 2.05) is 58.0 Å². The van der Waals surface area contributed by atoms with Gasteiger partial charge in [-0.05, 0) is 55.9 Å². The van der Waals surface area contributed by atoms with Crippen LogP contribution in [0.25, 0.3) is 0 Å². The number of aromatic nitrogens is 2. The van der Waals surface area contributed by atoms with Gasteiger partial charge in [0.05, 0.1) is 5.69 Å². The third kappa shape index (κ3) is 6.78. The van der Waals surface area contributed by atoms with E-state index < -0.39 is 5.60 Å². The van der Waals surface area contributed by atoms with E-state index in [-0.39, 0.29) is 22.9 Å². The number of ether oxygens (including phenoxy) is 2. The molecule has 1 aromatic heterocycles. The van der Waals surface area contributed by atoms with Gasteiger partial charge < -0.3 is 25.0 Å². The minimum Gasteiger partial charge on any atom is -0.444 e. The first kappa shape index (κ1) is 28.8. The molecule has 4 rings (SSSR count). The number of benzene rings is 1. The molecule has 2 aliphatic rings. The van der Waals surface area contributed by atoms with Crippen molar-refractivity contribution in [1.29, 1.82) is 0 Å². The maximum atomic E-state index is 12.3. The number of carbonyl (C=O) groups is 1. The molecule has 2 heterocycles. The topological polar surface area (TPSA) is 93.8 Å². The molecule has 0 atom stereocenters. The average molecular weight is 532 g/mol. The van der Waals surface area contributed by atoms with Crippen molar-refractivity contribution in [3.05, 3.63) is 36.0 Å². The lowest BCUT2D eigenvalue weighted by molar-refractivity contribution is 0.0240. The van der Waals surface area contributed by atoms with Gasteiger partial charge in [0.25, 0.3) is 0 Å². The molecule has 0 unspecified atom stereocenters. The standard InChI is InChI=1S/C26H37N5O3.C2H5Cl/c1-24(2,3)34-23(32)31-14-12-30(13-15-31)17-8-10-18(11-9-17)33-20-16-19(28-22(27)29-20)21-25(4,5)26(21,6)7;1-2-3/h8-11,16,21H,12-15H2,1-7H3,(H2,27,28,29);2H2,1H3. The molecule has 1 aromatic carbocycles. The van der Waals surface area contributed by atoms with Crippen LogP contribution in [0.3, 0.4) is 0 Å². The Morgan fingerprint density at radius 3 is 2.08 bits per heavy atom. The van der Waals surface area contributed by atoms with E-state index in [0.717, 1.165) is 30.4 Å². The second-order valence-electron chi connectivity index (χ2n) is 11.7. The van der Waals surface area contributed by atoms with E-state index in [2.05, 4.69) is 42.6 Å². The summed E-state index contributed by atoms with van der Waals surface area (Å²) in [7, 11) is 0. The first-order valence-corrected chi connectivity index (χ1v) is 13.4. The summed E-state index contributed by atoms with van der Waals surface area (Å²) in [6, 6.07) is 9.81. The molecule has 1 aliphatic carbocycles. The van der Waals surface area contributed by atoms with Gasteiger partial charge in [0, 0.05) is 49.7 Å². The van der Waals surface area contributed by atoms with Gasteiger partial charge in [0.15, 0.2) is 0 Å². The Hall–Kier alpha value is -2.74. The van der Waals surface area contributed by atoms with Crippen molar-refractivity contribution in [2.75, 3.05) is 42.7 Å². The lowest BCUT2D eigenvalue weighted by atomic mass is 10.0. The number of hydrogen-bond donors (Lipinski definition) is 1. The quantitative estimate of drug-likeness (QED) is 0.462. The van der Waals surface area contributed by atoms with E-state index in [4.69, 9.17) is 26.8 Å². The fourth-order valence-corrected chi connectivity index (χ4v) is 4.92. The number of anilines is 2. The van der Waals surface area contributed by atoms with Gasteiger partial charge in [-0.15, -0.1) is 11.6 Å². The second-order valence-corrected chi connectivity index (χ2v) is 12.2. The predicted molar refractivity (Wildman–Crippen MR) is 150 cm³/mol. The summed E-state index contributed by atoms with van der Waals surface area (Å²) in [4.78, 5) is 25.1. The zero-order chi connectivity index (χ0) is 27.6. The summed E-state index contributed by atoms with van der Waals surface area (Å²) >= 11 is 5.00. The Morgan fingerprint density at radius 2 is 1.59 bits per heavy atom. The van der Waals surface area contributed by atoms with E-state index in [1.54, 1.807) is 4.90 Å². The minimum absolute atomic E-state index is 0.153. The highest BCUT2D eigenvalue weighted by Crippen LogP contribution is 2.73. The summed E-state index contributed by atoms with van der Waals surface area (Å²) in [5.41, 5.74) is 7.83. The summed E-state index contributed by atoms with van der Waals surface area (Å²) in [5, 5.41) is 0. The van der Waals surface area contributed by atoms with Crippen LogP contribution in [0.1, 0.15) is 67.0 Å². The highest BCUT2D eigenvalue weighted by molar-refractivity contribution is 6.17. The number of rotatable bonds is 4. The first-order valence-electron chi connectivity index (χ1n) is 12.9. The number of nitrogens with zero attached hydrogens (tertiary/aromatic N) is 4. The van der Waals surface area contributed by atoms with E-state index >= 15 is 0 Å². The molecule has 8 nitrogen and oxygen atoms in total. The van der Waals surface area contributed by atoms with Crippen LogP contribution in [-0.2, 0) is 4.74 Å². The van der Waals surface area contributed by atoms with Crippen LogP contribution in [0.2, 0.25) is 0 Å². The molecular weight excluding hydrogens is 490 g/mol. The van der Waals surface area contributed by atoms with Crippen molar-refractivity contribution < 1.29 is 14.3 Å². The van der Waals surface area contributed by atoms with Crippen molar-refractivity contribution in [2.24, 2.45) is 10.8 Å². The van der Waals surface area contributed by atoms with Crippen LogP contribution in [0.4, 0.5) is 16.4 Å². The number of amides is 1. The lowest BCUT2D eigenvalue weighted by Gasteiger charge is -2.36. The molecule has 1 saturated carbocycles. The zero-order valence-corrected chi connectivity index (χ0v) is 24.2. The smallest absolute Gasteiger partial charge is 0.410 e. The average Bonchev–Trinajstić information content (AvgIpc) is 3.21. The fraction of sp³-hybridized carbons (Fsp3) is 0.607. The molecule has 0 radical (unpaired) electrons. The second kappa shape index (κ2) is 10.9. The SMILES string of the molecule is CC(C)(C)OC(=O)N1CCN(c2ccc(Oc3cc(C4C(C)(C)C4(C)C)nc(N)n3)cc2)CC1.CCCl. The molecule has 2 fully saturated rings. The highest BCUT2D eigenvalue weighted by Gasteiger charge is 2.66. The van der Waals surface area contributed by atoms with Crippen LogP contribution in [-0.4, -0.2) is 58.6 Å². The van der Waals surface area contributed by atoms with Crippen LogP contribution in [0.15, 0.2) is 30.3 Å². The molecule has 0 bridgehead atoms. The van der Waals surface area contributed by atoms with Crippen molar-refractivity contribution >= 4 is 29.3 Å². The third-order valence-corrected chi connectivity index (χ3v) is 7.41. The van der Waals surface area contributed by atoms with E-state index in [9.17, 15) is 4.79 Å². The Morgan fingerprint density at radius 1 is 1.05 bits per heavy atom. The van der Waals surface area contributed by atoms with Gasteiger partial charge in [-0.3, -0.25) is 0 Å². The molecule has 2 N–H and O–H groups in total. The zero-order valence-electron chi connectivity index (χ0n) is 23.5. The summed E-state index contributed by atoms with van der Waals surface area (Å²) in [6.07, 6.45) is -0.252. The molecule has 1 amide bonds. The van der Waals surface area contributed by atoms with Crippen molar-refractivity contribution in [1.82, 2.24) is 14.9 Å². The van der Waals surface area contributed by atoms with E-state index in [1.165, 1.54) is 0 Å². The van der Waals surface area contributed by atoms with Crippen LogP contribution in [0, 0.1) is 10.8 Å². The van der Waals surface area contributed by atoms with Gasteiger partial charge in [-0.1, -0.05) is 34.6 Å². The Balaban J connectivity index is 0.00000121. The molecule has 204 valence electrons. The van der Waals surface area contributed by atoms with Gasteiger partial charge >= 0.3 is 6.09 Å². The Labute approximate surface area is 226 Å². The normalized spacial score (nSPS) is 18.5. The first-order chi connectivity index (χ1) is 17.2. The maximum Gasteiger partial charge on any atom is 0.410 e. The molecular formula is C28H42ClN5O3. The maximum absolute atomic E-state index is 12.3. The van der Waals surface area contributed by atoms with Gasteiger partial charge in [-0.2, -0.15) is 4.98 Å². The number of nitrogens with two attached hydrogens (primary N) is 1. The van der Waals surface area contributed by atoms with Gasteiger partial charge in [0.2, 0.25) is 11.8 Å². The van der Waals surface area contributed by atoms with Crippen molar-refractivity contribution in [3.8, 4) is 11.6 Å². The van der Waals surface area contributed by atoms with Crippen molar-refractivity contribution in [3.63, 3.8) is 0 Å². The molecule has 2 aromatic rings. The van der Waals surface area contributed by atoms with E-state index in [0.29, 0.717) is 30.6 Å². The van der Waals surface area contributed by atoms with Crippen molar-refractivity contribution in [2.45, 2.75) is 66.9 Å². The summed E-state index contributed by atoms with van der Waals surface area (Å²) in [5.74, 6) is 2.41. The molecule has 1 aliphatic heterocycles. The fourth-order valence-electron chi connectivity index (χ4n) is 4.92. The number of carbonyl (C=O) groups excluding carboxylic acids is 1. The largest absolute Gasteiger partial charge is 0.444 e. The minimum atomic E-state index is -0.482. The number of piperazine rings is 1. The number of nitrogen functional groups attached to an aromatic ring is 1. The predicted octanol–water partition coefficient (Wildman–Crippen LogP) is 6.30. The molecule has 37 heavy (non-hydrogen) atoms. The van der Waals surface area contributed by atoms with Crippen LogP contribution >= 0.6 is 11.6 Å². The molecule has 9 heteroatoms. The summed E-state index contributed by atoms with van der Waals surface area (Å²) < 4.78 is 11.5. The third-order valence-electron chi connectivity index (χ3n) is 7.41. The Kier molecular flexibility index (Phi) is 8.52. The Bertz CT molecular complexity index is 1060. The van der Waals surface area contributed by atoms with Crippen LogP contribution in [0.5, 0.6) is 11.6 Å². The number of alkyl halides is 1. The van der Waals surface area contributed by atoms with Gasteiger partial charge in [-0.25, -0.2) is 9.78 Å².